The Hall–Kier alpha value is -3.19. The van der Waals surface area contributed by atoms with Crippen molar-refractivity contribution in [2.24, 2.45) is 0 Å². The van der Waals surface area contributed by atoms with Gasteiger partial charge in [-0.1, -0.05) is 35.9 Å². The van der Waals surface area contributed by atoms with Crippen LogP contribution in [-0.2, 0) is 6.61 Å². The van der Waals surface area contributed by atoms with Crippen molar-refractivity contribution < 1.29 is 14.3 Å². The van der Waals surface area contributed by atoms with E-state index in [2.05, 4.69) is 4.98 Å². The van der Waals surface area contributed by atoms with Crippen LogP contribution in [0.15, 0.2) is 54.6 Å². The van der Waals surface area contributed by atoms with E-state index in [-0.39, 0.29) is 11.8 Å². The van der Waals surface area contributed by atoms with Crippen LogP contribution in [0.25, 0.3) is 0 Å². The summed E-state index contributed by atoms with van der Waals surface area (Å²) >= 11 is 1.38. The highest BCUT2D eigenvalue weighted by molar-refractivity contribution is 7.13. The van der Waals surface area contributed by atoms with E-state index >= 15 is 0 Å². The first kappa shape index (κ1) is 21.1. The Labute approximate surface area is 186 Å². The zero-order chi connectivity index (χ0) is 21.8. The minimum Gasteiger partial charge on any atom is -0.486 e. The molecule has 31 heavy (non-hydrogen) atoms. The van der Waals surface area contributed by atoms with Crippen molar-refractivity contribution >= 4 is 23.2 Å². The number of carbonyl (C=O) groups excluding carboxylic acids is 2. The number of nitrogens with zero attached hydrogens (tertiary/aromatic N) is 3. The van der Waals surface area contributed by atoms with Crippen molar-refractivity contribution in [3.05, 3.63) is 81.3 Å². The normalized spacial score (nSPS) is 13.9. The molecule has 6 nitrogen and oxygen atoms in total. The maximum atomic E-state index is 13.0. The van der Waals surface area contributed by atoms with Crippen LogP contribution in [0.2, 0.25) is 0 Å². The molecule has 4 rings (SSSR count). The van der Waals surface area contributed by atoms with Crippen LogP contribution < -0.4 is 4.74 Å². The van der Waals surface area contributed by atoms with E-state index in [1.165, 1.54) is 16.9 Å². The van der Waals surface area contributed by atoms with Crippen molar-refractivity contribution in [2.45, 2.75) is 20.5 Å². The Balaban J connectivity index is 1.34. The van der Waals surface area contributed by atoms with Gasteiger partial charge in [-0.3, -0.25) is 9.59 Å². The lowest BCUT2D eigenvalue weighted by Gasteiger charge is -2.34. The predicted molar refractivity (Wildman–Crippen MR) is 121 cm³/mol. The zero-order valence-electron chi connectivity index (χ0n) is 17.7. The fourth-order valence-electron chi connectivity index (χ4n) is 3.51. The van der Waals surface area contributed by atoms with Crippen LogP contribution >= 0.6 is 11.3 Å². The molecule has 1 aliphatic rings. The van der Waals surface area contributed by atoms with Gasteiger partial charge in [-0.15, -0.1) is 11.3 Å². The van der Waals surface area contributed by atoms with Crippen LogP contribution in [0.4, 0.5) is 0 Å². The molecule has 2 aromatic carbocycles. The van der Waals surface area contributed by atoms with E-state index in [0.717, 1.165) is 16.5 Å². The maximum absolute atomic E-state index is 13.0. The second-order valence-corrected chi connectivity index (χ2v) is 8.66. The summed E-state index contributed by atoms with van der Waals surface area (Å²) in [5.74, 6) is 0.770. The largest absolute Gasteiger partial charge is 0.486 e. The van der Waals surface area contributed by atoms with Gasteiger partial charge < -0.3 is 14.5 Å². The highest BCUT2D eigenvalue weighted by Gasteiger charge is 2.27. The number of amides is 2. The lowest BCUT2D eigenvalue weighted by atomic mass is 10.2. The second kappa shape index (κ2) is 9.31. The quantitative estimate of drug-likeness (QED) is 0.609. The molecule has 1 saturated heterocycles. The molecule has 0 bridgehead atoms. The summed E-state index contributed by atoms with van der Waals surface area (Å²) in [6.07, 6.45) is 0. The number of thiazole rings is 1. The molecule has 3 aromatic rings. The Morgan fingerprint density at radius 3 is 2.16 bits per heavy atom. The molecule has 2 amide bonds. The number of rotatable bonds is 5. The Kier molecular flexibility index (Phi) is 6.32. The smallest absolute Gasteiger partial charge is 0.265 e. The Morgan fingerprint density at radius 1 is 0.903 bits per heavy atom. The first-order chi connectivity index (χ1) is 15.0. The molecule has 0 unspecified atom stereocenters. The van der Waals surface area contributed by atoms with Gasteiger partial charge in [-0.05, 0) is 38.1 Å². The van der Waals surface area contributed by atoms with Gasteiger partial charge in [0.1, 0.15) is 22.2 Å². The topological polar surface area (TPSA) is 62.7 Å². The predicted octanol–water partition coefficient (Wildman–Crippen LogP) is 3.94. The highest BCUT2D eigenvalue weighted by Crippen LogP contribution is 2.23. The van der Waals surface area contributed by atoms with Crippen LogP contribution in [-0.4, -0.2) is 52.8 Å². The average molecular weight is 436 g/mol. The summed E-state index contributed by atoms with van der Waals surface area (Å²) in [6, 6.07) is 17.1. The van der Waals surface area contributed by atoms with E-state index in [4.69, 9.17) is 4.74 Å². The van der Waals surface area contributed by atoms with Crippen molar-refractivity contribution in [1.82, 2.24) is 14.8 Å². The van der Waals surface area contributed by atoms with Crippen molar-refractivity contribution in [3.8, 4) is 5.75 Å². The second-order valence-electron chi connectivity index (χ2n) is 7.57. The molecule has 7 heteroatoms. The van der Waals surface area contributed by atoms with Crippen LogP contribution in [0.3, 0.4) is 0 Å². The van der Waals surface area contributed by atoms with E-state index in [1.807, 2.05) is 68.4 Å². The lowest BCUT2D eigenvalue weighted by molar-refractivity contribution is 0.0537. The van der Waals surface area contributed by atoms with Crippen molar-refractivity contribution in [3.63, 3.8) is 0 Å². The summed E-state index contributed by atoms with van der Waals surface area (Å²) in [7, 11) is 0. The summed E-state index contributed by atoms with van der Waals surface area (Å²) in [5, 5.41) is 0.777. The number of hydrogen-bond donors (Lipinski definition) is 0. The lowest BCUT2D eigenvalue weighted by Crippen LogP contribution is -2.50. The number of aryl methyl sites for hydroxylation is 2. The molecule has 0 aliphatic carbocycles. The number of aromatic nitrogens is 1. The summed E-state index contributed by atoms with van der Waals surface area (Å²) in [6.45, 7) is 6.31. The molecule has 0 spiro atoms. The number of benzene rings is 2. The number of piperazine rings is 1. The van der Waals surface area contributed by atoms with Gasteiger partial charge in [0, 0.05) is 31.7 Å². The number of carbonyl (C=O) groups is 2. The molecular formula is C24H25N3O3S. The molecule has 0 N–H and O–H groups in total. The van der Waals surface area contributed by atoms with Gasteiger partial charge in [0.25, 0.3) is 11.8 Å². The van der Waals surface area contributed by atoms with Crippen molar-refractivity contribution in [1.29, 1.82) is 0 Å². The number of ether oxygens (including phenoxy) is 1. The fraction of sp³-hybridized carbons (Fsp3) is 0.292. The molecule has 1 aliphatic heterocycles. The summed E-state index contributed by atoms with van der Waals surface area (Å²) in [4.78, 5) is 34.4. The van der Waals surface area contributed by atoms with E-state index < -0.39 is 0 Å². The first-order valence-electron chi connectivity index (χ1n) is 10.3. The van der Waals surface area contributed by atoms with E-state index in [9.17, 15) is 9.59 Å². The van der Waals surface area contributed by atoms with E-state index in [0.29, 0.717) is 43.2 Å². The Morgan fingerprint density at radius 2 is 1.52 bits per heavy atom. The molecule has 0 atom stereocenters. The Bertz CT molecular complexity index is 1060. The molecule has 2 heterocycles. The van der Waals surface area contributed by atoms with Gasteiger partial charge in [-0.25, -0.2) is 4.98 Å². The van der Waals surface area contributed by atoms with Crippen LogP contribution in [0.5, 0.6) is 5.75 Å². The average Bonchev–Trinajstić information content (AvgIpc) is 3.19. The molecular weight excluding hydrogens is 410 g/mol. The minimum absolute atomic E-state index is 0.0113. The minimum atomic E-state index is -0.0246. The molecule has 160 valence electrons. The fourth-order valence-corrected chi connectivity index (χ4v) is 4.46. The van der Waals surface area contributed by atoms with Crippen LogP contribution in [0.1, 0.15) is 36.3 Å². The molecule has 1 aromatic heterocycles. The highest BCUT2D eigenvalue weighted by atomic mass is 32.1. The van der Waals surface area contributed by atoms with E-state index in [1.54, 1.807) is 9.80 Å². The van der Waals surface area contributed by atoms with Gasteiger partial charge in [-0.2, -0.15) is 0 Å². The molecule has 0 saturated carbocycles. The van der Waals surface area contributed by atoms with Crippen molar-refractivity contribution in [2.75, 3.05) is 26.2 Å². The SMILES string of the molecule is Cc1ccc(OCc2nc(C)c(C(=O)N3CCN(C(=O)c4ccccc4)CC3)s2)cc1. The monoisotopic (exact) mass is 435 g/mol. The van der Waals surface area contributed by atoms with Gasteiger partial charge in [0.05, 0.1) is 5.69 Å². The number of hydrogen-bond acceptors (Lipinski definition) is 5. The van der Waals surface area contributed by atoms with Gasteiger partial charge in [0.15, 0.2) is 0 Å². The molecule has 1 fully saturated rings. The third-order valence-corrected chi connectivity index (χ3v) is 6.41. The summed E-state index contributed by atoms with van der Waals surface area (Å²) < 4.78 is 5.80. The first-order valence-corrected chi connectivity index (χ1v) is 11.1. The summed E-state index contributed by atoms with van der Waals surface area (Å²) in [5.41, 5.74) is 2.58. The molecule has 0 radical (unpaired) electrons. The van der Waals surface area contributed by atoms with Crippen LogP contribution in [0, 0.1) is 13.8 Å². The standard InChI is InChI=1S/C24H25N3O3S/c1-17-8-10-20(11-9-17)30-16-21-25-18(2)22(31-21)24(29)27-14-12-26(13-15-27)23(28)19-6-4-3-5-7-19/h3-11H,12-16H2,1-2H3. The third-order valence-electron chi connectivity index (χ3n) is 5.29. The maximum Gasteiger partial charge on any atom is 0.265 e. The van der Waals surface area contributed by atoms with Gasteiger partial charge in [0.2, 0.25) is 0 Å². The van der Waals surface area contributed by atoms with Gasteiger partial charge >= 0.3 is 0 Å². The zero-order valence-corrected chi connectivity index (χ0v) is 18.5. The third kappa shape index (κ3) is 4.94.